The third kappa shape index (κ3) is 2.50. The van der Waals surface area contributed by atoms with Crippen LogP contribution in [0.4, 0.5) is 0 Å². The van der Waals surface area contributed by atoms with Crippen molar-refractivity contribution in [2.24, 2.45) is 23.5 Å². The fourth-order valence-corrected chi connectivity index (χ4v) is 3.37. The van der Waals surface area contributed by atoms with Crippen molar-refractivity contribution in [2.75, 3.05) is 0 Å². The molecular formula is C13H25N. The molecule has 1 nitrogen and oxygen atoms in total. The molecule has 14 heavy (non-hydrogen) atoms. The van der Waals surface area contributed by atoms with E-state index in [-0.39, 0.29) is 0 Å². The molecule has 2 rings (SSSR count). The van der Waals surface area contributed by atoms with Gasteiger partial charge in [-0.15, -0.1) is 0 Å². The Morgan fingerprint density at radius 3 is 1.64 bits per heavy atom. The number of hydrogen-bond donors (Lipinski definition) is 1. The van der Waals surface area contributed by atoms with Crippen LogP contribution in [0.2, 0.25) is 0 Å². The van der Waals surface area contributed by atoms with E-state index in [4.69, 9.17) is 5.73 Å². The van der Waals surface area contributed by atoms with Gasteiger partial charge in [-0.1, -0.05) is 19.8 Å². The van der Waals surface area contributed by atoms with E-state index in [2.05, 4.69) is 6.92 Å². The van der Waals surface area contributed by atoms with Crippen molar-refractivity contribution in [1.82, 2.24) is 0 Å². The Kier molecular flexibility index (Phi) is 3.48. The van der Waals surface area contributed by atoms with Gasteiger partial charge in [0.15, 0.2) is 0 Å². The minimum Gasteiger partial charge on any atom is -0.328 e. The van der Waals surface area contributed by atoms with Crippen LogP contribution in [0.5, 0.6) is 0 Å². The Bertz CT molecular complexity index is 142. The number of hydrogen-bond acceptors (Lipinski definition) is 1. The van der Waals surface area contributed by atoms with E-state index in [1.807, 2.05) is 0 Å². The summed E-state index contributed by atoms with van der Waals surface area (Å²) in [5, 5.41) is 0. The summed E-state index contributed by atoms with van der Waals surface area (Å²) in [6.45, 7) is 2.41. The highest BCUT2D eigenvalue weighted by Gasteiger charge is 2.28. The van der Waals surface area contributed by atoms with Crippen LogP contribution in [-0.4, -0.2) is 6.04 Å². The van der Waals surface area contributed by atoms with E-state index in [0.29, 0.717) is 6.04 Å². The van der Waals surface area contributed by atoms with Crippen LogP contribution in [-0.2, 0) is 0 Å². The molecule has 2 aliphatic rings. The smallest absolute Gasteiger partial charge is 0.00390 e. The molecule has 0 aliphatic heterocycles. The highest BCUT2D eigenvalue weighted by Crippen LogP contribution is 2.39. The second-order valence-corrected chi connectivity index (χ2v) is 5.69. The van der Waals surface area contributed by atoms with Crippen molar-refractivity contribution in [2.45, 2.75) is 64.3 Å². The zero-order chi connectivity index (χ0) is 9.97. The summed E-state index contributed by atoms with van der Waals surface area (Å²) in [5.74, 6) is 3.08. The molecule has 0 bridgehead atoms. The maximum Gasteiger partial charge on any atom is 0.00390 e. The van der Waals surface area contributed by atoms with Gasteiger partial charge in [0.25, 0.3) is 0 Å². The Labute approximate surface area is 88.4 Å². The van der Waals surface area contributed by atoms with Crippen LogP contribution in [0.1, 0.15) is 58.3 Å². The number of rotatable bonds is 1. The van der Waals surface area contributed by atoms with Gasteiger partial charge in [0.05, 0.1) is 0 Å². The van der Waals surface area contributed by atoms with E-state index in [1.165, 1.54) is 51.4 Å². The first-order valence-electron chi connectivity index (χ1n) is 6.51. The fourth-order valence-electron chi connectivity index (χ4n) is 3.37. The van der Waals surface area contributed by atoms with Gasteiger partial charge in [-0.2, -0.15) is 0 Å². The lowest BCUT2D eigenvalue weighted by molar-refractivity contribution is 0.166. The molecule has 0 unspecified atom stereocenters. The SMILES string of the molecule is CC1CCC([C@H]2CC[C@H](N)CC2)CC1. The molecule has 0 aromatic carbocycles. The van der Waals surface area contributed by atoms with Crippen molar-refractivity contribution in [1.29, 1.82) is 0 Å². The van der Waals surface area contributed by atoms with Gasteiger partial charge in [-0.05, 0) is 56.3 Å². The average molecular weight is 195 g/mol. The standard InChI is InChI=1S/C13H25N/c1-10-2-4-11(5-3-10)12-6-8-13(14)9-7-12/h10-13H,2-9,14H2,1H3/t10?,11?,12-,13-. The second-order valence-electron chi connectivity index (χ2n) is 5.69. The lowest BCUT2D eigenvalue weighted by atomic mass is 9.71. The molecule has 2 N–H and O–H groups in total. The predicted octanol–water partition coefficient (Wildman–Crippen LogP) is 3.33. The van der Waals surface area contributed by atoms with Crippen LogP contribution >= 0.6 is 0 Å². The van der Waals surface area contributed by atoms with E-state index < -0.39 is 0 Å². The lowest BCUT2D eigenvalue weighted by Crippen LogP contribution is -2.31. The summed E-state index contributed by atoms with van der Waals surface area (Å²) in [4.78, 5) is 0. The molecule has 0 spiro atoms. The van der Waals surface area contributed by atoms with Gasteiger partial charge < -0.3 is 5.73 Å². The van der Waals surface area contributed by atoms with E-state index in [1.54, 1.807) is 0 Å². The number of nitrogens with two attached hydrogens (primary N) is 1. The van der Waals surface area contributed by atoms with E-state index in [9.17, 15) is 0 Å². The Morgan fingerprint density at radius 2 is 1.14 bits per heavy atom. The molecule has 2 fully saturated rings. The summed E-state index contributed by atoms with van der Waals surface area (Å²) in [5.41, 5.74) is 5.95. The van der Waals surface area contributed by atoms with Crippen molar-refractivity contribution in [3.05, 3.63) is 0 Å². The average Bonchev–Trinajstić information content (AvgIpc) is 2.21. The van der Waals surface area contributed by atoms with E-state index >= 15 is 0 Å². The van der Waals surface area contributed by atoms with Crippen LogP contribution in [0.15, 0.2) is 0 Å². The third-order valence-electron chi connectivity index (χ3n) is 4.54. The maximum absolute atomic E-state index is 5.95. The molecule has 0 saturated heterocycles. The maximum atomic E-state index is 5.95. The minimum absolute atomic E-state index is 0.522. The molecule has 0 heterocycles. The zero-order valence-corrected chi connectivity index (χ0v) is 9.54. The van der Waals surface area contributed by atoms with Gasteiger partial charge in [-0.3, -0.25) is 0 Å². The van der Waals surface area contributed by atoms with Gasteiger partial charge in [0, 0.05) is 6.04 Å². The first-order valence-corrected chi connectivity index (χ1v) is 6.51. The molecule has 82 valence electrons. The van der Waals surface area contributed by atoms with Gasteiger partial charge >= 0.3 is 0 Å². The lowest BCUT2D eigenvalue weighted by Gasteiger charge is -2.36. The molecule has 2 saturated carbocycles. The topological polar surface area (TPSA) is 26.0 Å². The highest BCUT2D eigenvalue weighted by molar-refractivity contribution is 4.82. The molecule has 2 aliphatic carbocycles. The van der Waals surface area contributed by atoms with Crippen LogP contribution in [0, 0.1) is 17.8 Å². The van der Waals surface area contributed by atoms with Crippen molar-refractivity contribution in [3.8, 4) is 0 Å². The molecule has 0 aromatic rings. The third-order valence-corrected chi connectivity index (χ3v) is 4.54. The summed E-state index contributed by atoms with van der Waals surface area (Å²) < 4.78 is 0. The first kappa shape index (κ1) is 10.5. The quantitative estimate of drug-likeness (QED) is 0.682. The highest BCUT2D eigenvalue weighted by atomic mass is 14.6. The van der Waals surface area contributed by atoms with Crippen molar-refractivity contribution in [3.63, 3.8) is 0 Å². The summed E-state index contributed by atoms with van der Waals surface area (Å²) in [7, 11) is 0. The Morgan fingerprint density at radius 1 is 0.714 bits per heavy atom. The molecule has 0 amide bonds. The normalized spacial score (nSPS) is 45.0. The van der Waals surface area contributed by atoms with Crippen LogP contribution in [0.3, 0.4) is 0 Å². The largest absolute Gasteiger partial charge is 0.328 e. The van der Waals surface area contributed by atoms with Crippen LogP contribution in [0.25, 0.3) is 0 Å². The van der Waals surface area contributed by atoms with Crippen molar-refractivity contribution < 1.29 is 0 Å². The van der Waals surface area contributed by atoms with Crippen LogP contribution < -0.4 is 5.73 Å². The molecule has 0 atom stereocenters. The second kappa shape index (κ2) is 4.65. The summed E-state index contributed by atoms with van der Waals surface area (Å²) in [6.07, 6.45) is 11.4. The predicted molar refractivity (Wildman–Crippen MR) is 61.1 cm³/mol. The van der Waals surface area contributed by atoms with Crippen molar-refractivity contribution >= 4 is 0 Å². The molecule has 1 heteroatoms. The Balaban J connectivity index is 1.78. The zero-order valence-electron chi connectivity index (χ0n) is 9.54. The Hall–Kier alpha value is -0.0400. The van der Waals surface area contributed by atoms with E-state index in [0.717, 1.165) is 17.8 Å². The summed E-state index contributed by atoms with van der Waals surface area (Å²) >= 11 is 0. The van der Waals surface area contributed by atoms with Gasteiger partial charge in [-0.25, -0.2) is 0 Å². The molecule has 0 radical (unpaired) electrons. The molecule has 0 aromatic heterocycles. The minimum atomic E-state index is 0.522. The fraction of sp³-hybridized carbons (Fsp3) is 1.00. The molecular weight excluding hydrogens is 170 g/mol. The first-order chi connectivity index (χ1) is 6.75. The monoisotopic (exact) mass is 195 g/mol. The van der Waals surface area contributed by atoms with Gasteiger partial charge in [0.2, 0.25) is 0 Å². The van der Waals surface area contributed by atoms with Gasteiger partial charge in [0.1, 0.15) is 0 Å². The summed E-state index contributed by atoms with van der Waals surface area (Å²) in [6, 6.07) is 0.522.